The van der Waals surface area contributed by atoms with E-state index in [1.54, 1.807) is 20.3 Å². The number of ether oxygens (including phenoxy) is 2. The highest BCUT2D eigenvalue weighted by atomic mass is 16.5. The minimum atomic E-state index is -0.312. The molecule has 2 N–H and O–H groups in total. The first-order valence-corrected chi connectivity index (χ1v) is 7.85. The van der Waals surface area contributed by atoms with Gasteiger partial charge in [-0.15, -0.1) is 0 Å². The van der Waals surface area contributed by atoms with E-state index in [0.717, 1.165) is 36.9 Å². The Morgan fingerprint density at radius 1 is 1.29 bits per heavy atom. The Kier molecular flexibility index (Phi) is 4.79. The van der Waals surface area contributed by atoms with Crippen LogP contribution in [-0.2, 0) is 12.8 Å². The molecule has 1 aromatic carbocycles. The summed E-state index contributed by atoms with van der Waals surface area (Å²) in [5.74, 6) is 0.858. The normalized spacial score (nSPS) is 13.6. The van der Waals surface area contributed by atoms with Crippen molar-refractivity contribution in [3.8, 4) is 11.5 Å². The van der Waals surface area contributed by atoms with Crippen LogP contribution < -0.4 is 14.9 Å². The van der Waals surface area contributed by atoms with Crippen LogP contribution in [0, 0.1) is 0 Å². The second-order valence-electron chi connectivity index (χ2n) is 5.52. The van der Waals surface area contributed by atoms with Gasteiger partial charge in [-0.1, -0.05) is 6.07 Å². The third-order valence-corrected chi connectivity index (χ3v) is 4.07. The van der Waals surface area contributed by atoms with E-state index in [0.29, 0.717) is 22.8 Å². The largest absolute Gasteiger partial charge is 0.493 e. The first kappa shape index (κ1) is 16.0. The van der Waals surface area contributed by atoms with E-state index in [-0.39, 0.29) is 5.91 Å². The van der Waals surface area contributed by atoms with Crippen molar-refractivity contribution >= 4 is 12.1 Å². The Morgan fingerprint density at radius 3 is 2.92 bits per heavy atom. The highest BCUT2D eigenvalue weighted by molar-refractivity contribution is 5.95. The molecule has 7 heteroatoms. The number of rotatable bonds is 5. The Hall–Kier alpha value is -2.83. The number of aryl methyl sites for hydroxylation is 1. The summed E-state index contributed by atoms with van der Waals surface area (Å²) in [7, 11) is 3.13. The number of methoxy groups -OCH3 is 2. The van der Waals surface area contributed by atoms with Crippen molar-refractivity contribution in [3.05, 3.63) is 40.7 Å². The van der Waals surface area contributed by atoms with Gasteiger partial charge in [-0.05, 0) is 37.8 Å². The molecule has 2 aromatic rings. The lowest BCUT2D eigenvalue weighted by molar-refractivity contribution is 0.0949. The van der Waals surface area contributed by atoms with Crippen molar-refractivity contribution in [2.45, 2.75) is 25.7 Å². The van der Waals surface area contributed by atoms with Crippen LogP contribution in [0.15, 0.2) is 23.3 Å². The monoisotopic (exact) mass is 328 g/mol. The number of H-pyrrole nitrogens is 1. The zero-order valence-corrected chi connectivity index (χ0v) is 13.8. The Balaban J connectivity index is 1.73. The molecule has 3 rings (SSSR count). The number of nitrogens with zero attached hydrogens (tertiary/aromatic N) is 2. The molecule has 0 unspecified atom stereocenters. The summed E-state index contributed by atoms with van der Waals surface area (Å²) in [4.78, 5) is 12.3. The molecule has 1 aliphatic carbocycles. The molecule has 0 fully saturated rings. The lowest BCUT2D eigenvalue weighted by atomic mass is 9.96. The summed E-state index contributed by atoms with van der Waals surface area (Å²) in [6.07, 6.45) is 5.56. The molecule has 1 amide bonds. The lowest BCUT2D eigenvalue weighted by Gasteiger charge is -2.10. The zero-order chi connectivity index (χ0) is 16.9. The van der Waals surface area contributed by atoms with Gasteiger partial charge >= 0.3 is 0 Å². The predicted octanol–water partition coefficient (Wildman–Crippen LogP) is 2.07. The third kappa shape index (κ3) is 3.10. The number of amides is 1. The minimum Gasteiger partial charge on any atom is -0.493 e. The molecule has 0 radical (unpaired) electrons. The summed E-state index contributed by atoms with van der Waals surface area (Å²) in [5, 5.41) is 11.1. The molecule has 0 atom stereocenters. The molecule has 0 saturated carbocycles. The average Bonchev–Trinajstić information content (AvgIpc) is 3.05. The Morgan fingerprint density at radius 2 is 2.12 bits per heavy atom. The standard InChI is InChI=1S/C17H20N4O3/c1-23-14-9-5-6-11(16(14)24-2)10-18-21-17(22)15-12-7-3-4-8-13(12)19-20-15/h5-6,9-10H,3-4,7-8H2,1-2H3,(H,19,20)(H,21,22). The molecule has 1 heterocycles. The number of nitrogens with one attached hydrogen (secondary N) is 2. The van der Waals surface area contributed by atoms with E-state index in [4.69, 9.17) is 9.47 Å². The van der Waals surface area contributed by atoms with E-state index < -0.39 is 0 Å². The molecular weight excluding hydrogens is 308 g/mol. The third-order valence-electron chi connectivity index (χ3n) is 4.07. The predicted molar refractivity (Wildman–Crippen MR) is 89.8 cm³/mol. The van der Waals surface area contributed by atoms with Gasteiger partial charge in [0.05, 0.1) is 20.4 Å². The molecule has 0 aliphatic heterocycles. The first-order valence-electron chi connectivity index (χ1n) is 7.85. The minimum absolute atomic E-state index is 0.312. The molecule has 24 heavy (non-hydrogen) atoms. The van der Waals surface area contributed by atoms with Crippen LogP contribution in [0.5, 0.6) is 11.5 Å². The maximum Gasteiger partial charge on any atom is 0.292 e. The van der Waals surface area contributed by atoms with Crippen LogP contribution in [0.2, 0.25) is 0 Å². The highest BCUT2D eigenvalue weighted by Gasteiger charge is 2.21. The smallest absolute Gasteiger partial charge is 0.292 e. The van der Waals surface area contributed by atoms with E-state index in [9.17, 15) is 4.79 Å². The number of aromatic nitrogens is 2. The van der Waals surface area contributed by atoms with Crippen molar-refractivity contribution in [2.75, 3.05) is 14.2 Å². The van der Waals surface area contributed by atoms with Crippen LogP contribution in [-0.4, -0.2) is 36.5 Å². The fourth-order valence-electron chi connectivity index (χ4n) is 2.90. The van der Waals surface area contributed by atoms with Crippen LogP contribution in [0.25, 0.3) is 0 Å². The number of carbonyl (C=O) groups excluding carboxylic acids is 1. The molecular formula is C17H20N4O3. The van der Waals surface area contributed by atoms with Crippen molar-refractivity contribution in [1.29, 1.82) is 0 Å². The summed E-state index contributed by atoms with van der Waals surface area (Å²) >= 11 is 0. The maximum atomic E-state index is 12.3. The summed E-state index contributed by atoms with van der Waals surface area (Å²) in [6, 6.07) is 5.45. The number of para-hydroxylation sites is 1. The van der Waals surface area contributed by atoms with Gasteiger partial charge in [-0.2, -0.15) is 10.2 Å². The van der Waals surface area contributed by atoms with E-state index in [2.05, 4.69) is 20.7 Å². The van der Waals surface area contributed by atoms with E-state index in [1.165, 1.54) is 6.21 Å². The van der Waals surface area contributed by atoms with Crippen LogP contribution in [0.4, 0.5) is 0 Å². The molecule has 0 saturated heterocycles. The Labute approximate surface area is 140 Å². The number of carbonyl (C=O) groups is 1. The molecule has 1 aliphatic rings. The van der Waals surface area contributed by atoms with Crippen molar-refractivity contribution in [2.24, 2.45) is 5.10 Å². The second kappa shape index (κ2) is 7.16. The quantitative estimate of drug-likeness (QED) is 0.649. The highest BCUT2D eigenvalue weighted by Crippen LogP contribution is 2.29. The molecule has 1 aromatic heterocycles. The number of hydrazone groups is 1. The molecule has 7 nitrogen and oxygen atoms in total. The fourth-order valence-corrected chi connectivity index (χ4v) is 2.90. The number of benzene rings is 1. The van der Waals surface area contributed by atoms with Crippen LogP contribution in [0.1, 0.15) is 40.2 Å². The summed E-state index contributed by atoms with van der Waals surface area (Å²) < 4.78 is 10.6. The van der Waals surface area contributed by atoms with Crippen molar-refractivity contribution < 1.29 is 14.3 Å². The number of aromatic amines is 1. The number of hydrogen-bond donors (Lipinski definition) is 2. The van der Waals surface area contributed by atoms with Gasteiger partial charge < -0.3 is 9.47 Å². The van der Waals surface area contributed by atoms with E-state index in [1.807, 2.05) is 12.1 Å². The van der Waals surface area contributed by atoms with Gasteiger partial charge in [0.2, 0.25) is 0 Å². The zero-order valence-electron chi connectivity index (χ0n) is 13.8. The summed E-state index contributed by atoms with van der Waals surface area (Å²) in [6.45, 7) is 0. The van der Waals surface area contributed by atoms with Gasteiger partial charge in [-0.3, -0.25) is 9.89 Å². The van der Waals surface area contributed by atoms with Crippen LogP contribution in [0.3, 0.4) is 0 Å². The van der Waals surface area contributed by atoms with Gasteiger partial charge in [0.15, 0.2) is 17.2 Å². The maximum absolute atomic E-state index is 12.3. The first-order chi connectivity index (χ1) is 11.7. The second-order valence-corrected chi connectivity index (χ2v) is 5.52. The Bertz CT molecular complexity index is 767. The van der Waals surface area contributed by atoms with Gasteiger partial charge in [0.25, 0.3) is 5.91 Å². The molecule has 126 valence electrons. The lowest BCUT2D eigenvalue weighted by Crippen LogP contribution is -2.20. The molecule has 0 spiro atoms. The fraction of sp³-hybridized carbons (Fsp3) is 0.353. The SMILES string of the molecule is COc1cccc(C=NNC(=O)c2n[nH]c3c2CCCC3)c1OC. The summed E-state index contributed by atoms with van der Waals surface area (Å²) in [5.41, 5.74) is 5.73. The average molecular weight is 328 g/mol. The number of fused-ring (bicyclic) bond motifs is 1. The van der Waals surface area contributed by atoms with Gasteiger partial charge in [0, 0.05) is 16.8 Å². The van der Waals surface area contributed by atoms with Gasteiger partial charge in [0.1, 0.15) is 0 Å². The number of hydrogen-bond acceptors (Lipinski definition) is 5. The van der Waals surface area contributed by atoms with Gasteiger partial charge in [-0.25, -0.2) is 5.43 Å². The van der Waals surface area contributed by atoms with Crippen LogP contribution >= 0.6 is 0 Å². The molecule has 0 bridgehead atoms. The topological polar surface area (TPSA) is 88.6 Å². The van der Waals surface area contributed by atoms with Crippen molar-refractivity contribution in [1.82, 2.24) is 15.6 Å². The van der Waals surface area contributed by atoms with E-state index >= 15 is 0 Å². The van der Waals surface area contributed by atoms with Crippen molar-refractivity contribution in [3.63, 3.8) is 0 Å².